The smallest absolute Gasteiger partial charge is 0.125 e. The van der Waals surface area contributed by atoms with E-state index in [1.807, 2.05) is 19.1 Å². The number of halogens is 1. The van der Waals surface area contributed by atoms with Crippen LogP contribution in [-0.4, -0.2) is 9.97 Å². The van der Waals surface area contributed by atoms with Crippen molar-refractivity contribution in [2.75, 3.05) is 0 Å². The molecule has 16 heavy (non-hydrogen) atoms. The number of aromatic amines is 1. The third kappa shape index (κ3) is 1.46. The van der Waals surface area contributed by atoms with Crippen LogP contribution in [0, 0.1) is 0 Å². The van der Waals surface area contributed by atoms with E-state index in [0.29, 0.717) is 0 Å². The number of hydrogen-bond donors (Lipinski definition) is 1. The molecule has 1 N–H and O–H groups in total. The third-order valence-corrected chi connectivity index (χ3v) is 2.95. The molecule has 3 rings (SSSR count). The fraction of sp³-hybridized carbons (Fsp3) is 0.154. The van der Waals surface area contributed by atoms with Crippen LogP contribution in [-0.2, 0) is 0 Å². The lowest BCUT2D eigenvalue weighted by atomic mass is 10.1. The molecule has 0 unspecified atom stereocenters. The molecule has 1 aromatic heterocycles. The Morgan fingerprint density at radius 1 is 1.19 bits per heavy atom. The van der Waals surface area contributed by atoms with Crippen LogP contribution < -0.4 is 0 Å². The second-order valence-corrected chi connectivity index (χ2v) is 4.61. The van der Waals surface area contributed by atoms with Crippen molar-refractivity contribution in [1.29, 1.82) is 0 Å². The summed E-state index contributed by atoms with van der Waals surface area (Å²) in [5, 5.41) is 2.33. The van der Waals surface area contributed by atoms with Gasteiger partial charge in [-0.2, -0.15) is 0 Å². The molecule has 0 amide bonds. The summed E-state index contributed by atoms with van der Waals surface area (Å²) >= 11 is 6.01. The largest absolute Gasteiger partial charge is 0.341 e. The van der Waals surface area contributed by atoms with Gasteiger partial charge in [-0.05, 0) is 29.8 Å². The van der Waals surface area contributed by atoms with Gasteiger partial charge >= 0.3 is 0 Å². The standard InChI is InChI=1S/C13H11ClN2/c1-8(14)13-15-11-6-9-4-2-3-5-10(9)7-12(11)16-13/h2-8H,1H3,(H,15,16)/t8-/m0/s1. The molecule has 2 aromatic carbocycles. The van der Waals surface area contributed by atoms with E-state index < -0.39 is 0 Å². The summed E-state index contributed by atoms with van der Waals surface area (Å²) in [5.74, 6) is 0.826. The molecule has 0 aliphatic carbocycles. The van der Waals surface area contributed by atoms with Crippen LogP contribution in [0.25, 0.3) is 21.8 Å². The molecule has 0 saturated carbocycles. The topological polar surface area (TPSA) is 28.7 Å². The van der Waals surface area contributed by atoms with E-state index in [1.165, 1.54) is 10.8 Å². The number of fused-ring (bicyclic) bond motifs is 2. The number of hydrogen-bond acceptors (Lipinski definition) is 1. The maximum absolute atomic E-state index is 6.01. The SMILES string of the molecule is C[C@H](Cl)c1nc2cc3ccccc3cc2[nH]1. The van der Waals surface area contributed by atoms with Crippen LogP contribution in [0.3, 0.4) is 0 Å². The molecule has 0 saturated heterocycles. The molecular weight excluding hydrogens is 220 g/mol. The Bertz CT molecular complexity index is 603. The van der Waals surface area contributed by atoms with Crippen molar-refractivity contribution in [3.63, 3.8) is 0 Å². The average Bonchev–Trinajstić information content (AvgIpc) is 2.68. The van der Waals surface area contributed by atoms with Gasteiger partial charge < -0.3 is 4.98 Å². The summed E-state index contributed by atoms with van der Waals surface area (Å²) in [4.78, 5) is 7.72. The minimum Gasteiger partial charge on any atom is -0.341 e. The van der Waals surface area contributed by atoms with Crippen LogP contribution >= 0.6 is 11.6 Å². The fourth-order valence-electron chi connectivity index (χ4n) is 1.90. The Labute approximate surface area is 98.3 Å². The predicted molar refractivity (Wildman–Crippen MR) is 67.9 cm³/mol. The number of alkyl halides is 1. The van der Waals surface area contributed by atoms with Gasteiger partial charge in [0.25, 0.3) is 0 Å². The van der Waals surface area contributed by atoms with E-state index >= 15 is 0 Å². The van der Waals surface area contributed by atoms with Gasteiger partial charge in [-0.1, -0.05) is 24.3 Å². The molecule has 0 bridgehead atoms. The second kappa shape index (κ2) is 3.49. The van der Waals surface area contributed by atoms with Gasteiger partial charge in [0.1, 0.15) is 5.82 Å². The van der Waals surface area contributed by atoms with E-state index in [9.17, 15) is 0 Å². The molecule has 0 spiro atoms. The van der Waals surface area contributed by atoms with Crippen molar-refractivity contribution in [2.45, 2.75) is 12.3 Å². The van der Waals surface area contributed by atoms with E-state index in [4.69, 9.17) is 11.6 Å². The zero-order chi connectivity index (χ0) is 11.1. The minimum absolute atomic E-state index is 0.0875. The number of H-pyrrole nitrogens is 1. The van der Waals surface area contributed by atoms with Crippen molar-refractivity contribution < 1.29 is 0 Å². The van der Waals surface area contributed by atoms with Crippen molar-refractivity contribution in [2.24, 2.45) is 0 Å². The molecule has 0 aliphatic rings. The Morgan fingerprint density at radius 3 is 2.56 bits per heavy atom. The van der Waals surface area contributed by atoms with Crippen LogP contribution in [0.5, 0.6) is 0 Å². The van der Waals surface area contributed by atoms with Gasteiger partial charge in [-0.25, -0.2) is 4.98 Å². The Morgan fingerprint density at radius 2 is 1.88 bits per heavy atom. The summed E-state index contributed by atoms with van der Waals surface area (Å²) in [5.41, 5.74) is 2.02. The zero-order valence-corrected chi connectivity index (χ0v) is 9.62. The van der Waals surface area contributed by atoms with E-state index in [-0.39, 0.29) is 5.38 Å². The highest BCUT2D eigenvalue weighted by Crippen LogP contribution is 2.24. The first-order chi connectivity index (χ1) is 7.74. The van der Waals surface area contributed by atoms with Gasteiger partial charge in [0, 0.05) is 0 Å². The number of nitrogens with one attached hydrogen (secondary N) is 1. The average molecular weight is 231 g/mol. The second-order valence-electron chi connectivity index (χ2n) is 3.95. The predicted octanol–water partition coefficient (Wildman–Crippen LogP) is 4.02. The fourth-order valence-corrected chi connectivity index (χ4v) is 2.01. The van der Waals surface area contributed by atoms with Crippen molar-refractivity contribution in [3.05, 3.63) is 42.2 Å². The molecular formula is C13H11ClN2. The summed E-state index contributed by atoms with van der Waals surface area (Å²) in [6.45, 7) is 1.92. The Hall–Kier alpha value is -1.54. The highest BCUT2D eigenvalue weighted by molar-refractivity contribution is 6.20. The van der Waals surface area contributed by atoms with Crippen LogP contribution in [0.15, 0.2) is 36.4 Å². The van der Waals surface area contributed by atoms with Crippen LogP contribution in [0.1, 0.15) is 18.1 Å². The molecule has 1 atom stereocenters. The quantitative estimate of drug-likeness (QED) is 0.629. The van der Waals surface area contributed by atoms with Gasteiger partial charge in [-0.15, -0.1) is 11.6 Å². The molecule has 1 heterocycles. The van der Waals surface area contributed by atoms with Crippen LogP contribution in [0.2, 0.25) is 0 Å². The van der Waals surface area contributed by atoms with E-state index in [1.54, 1.807) is 0 Å². The number of benzene rings is 2. The summed E-state index contributed by atoms with van der Waals surface area (Å²) in [6, 6.07) is 12.5. The van der Waals surface area contributed by atoms with E-state index in [0.717, 1.165) is 16.9 Å². The molecule has 0 fully saturated rings. The van der Waals surface area contributed by atoms with E-state index in [2.05, 4.69) is 34.2 Å². The number of nitrogens with zero attached hydrogens (tertiary/aromatic N) is 1. The van der Waals surface area contributed by atoms with Crippen molar-refractivity contribution >= 4 is 33.4 Å². The maximum atomic E-state index is 6.01. The van der Waals surface area contributed by atoms with Gasteiger partial charge in [0.2, 0.25) is 0 Å². The Kier molecular flexibility index (Phi) is 2.11. The number of imidazole rings is 1. The first kappa shape index (κ1) is 9.67. The van der Waals surface area contributed by atoms with Crippen molar-refractivity contribution in [3.8, 4) is 0 Å². The lowest BCUT2D eigenvalue weighted by Crippen LogP contribution is -1.85. The van der Waals surface area contributed by atoms with Gasteiger partial charge in [0.15, 0.2) is 0 Å². The highest BCUT2D eigenvalue weighted by Gasteiger charge is 2.08. The van der Waals surface area contributed by atoms with Gasteiger partial charge in [-0.3, -0.25) is 0 Å². The monoisotopic (exact) mass is 230 g/mol. The lowest BCUT2D eigenvalue weighted by Gasteiger charge is -1.95. The lowest BCUT2D eigenvalue weighted by molar-refractivity contribution is 0.962. The summed E-state index contributed by atoms with van der Waals surface area (Å²) in [6.07, 6.45) is 0. The number of rotatable bonds is 1. The first-order valence-corrected chi connectivity index (χ1v) is 5.70. The first-order valence-electron chi connectivity index (χ1n) is 5.26. The molecule has 2 nitrogen and oxygen atoms in total. The molecule has 80 valence electrons. The highest BCUT2D eigenvalue weighted by atomic mass is 35.5. The molecule has 0 aliphatic heterocycles. The van der Waals surface area contributed by atoms with Gasteiger partial charge in [0.05, 0.1) is 16.4 Å². The molecule has 0 radical (unpaired) electrons. The molecule has 3 aromatic rings. The summed E-state index contributed by atoms with van der Waals surface area (Å²) < 4.78 is 0. The maximum Gasteiger partial charge on any atom is 0.125 e. The normalized spacial score (nSPS) is 13.4. The minimum atomic E-state index is -0.0875. The Balaban J connectivity index is 2.34. The molecule has 3 heteroatoms. The third-order valence-electron chi connectivity index (χ3n) is 2.74. The van der Waals surface area contributed by atoms with Crippen LogP contribution in [0.4, 0.5) is 0 Å². The van der Waals surface area contributed by atoms with Crippen molar-refractivity contribution in [1.82, 2.24) is 9.97 Å². The zero-order valence-electron chi connectivity index (χ0n) is 8.87. The summed E-state index contributed by atoms with van der Waals surface area (Å²) in [7, 11) is 0. The number of aromatic nitrogens is 2.